The van der Waals surface area contributed by atoms with Crippen molar-refractivity contribution in [1.82, 2.24) is 5.32 Å². The van der Waals surface area contributed by atoms with Crippen molar-refractivity contribution in [3.63, 3.8) is 0 Å². The van der Waals surface area contributed by atoms with Crippen LogP contribution in [0.4, 0.5) is 4.79 Å². The maximum Gasteiger partial charge on any atom is 0.407 e. The van der Waals surface area contributed by atoms with Crippen LogP contribution in [0, 0.1) is 5.92 Å². The van der Waals surface area contributed by atoms with E-state index in [1.165, 1.54) is 0 Å². The summed E-state index contributed by atoms with van der Waals surface area (Å²) < 4.78 is 31.6. The molecule has 0 spiro atoms. The molecule has 0 heterocycles. The minimum atomic E-state index is -3.42. The normalized spacial score (nSPS) is 24.2. The van der Waals surface area contributed by atoms with Crippen LogP contribution >= 0.6 is 0 Å². The Hall–Kier alpha value is -0.820. The van der Waals surface area contributed by atoms with E-state index in [-0.39, 0.29) is 18.6 Å². The molecule has 1 N–H and O–H groups in total. The van der Waals surface area contributed by atoms with Crippen LogP contribution in [0.5, 0.6) is 0 Å². The number of hydrogen-bond acceptors (Lipinski definition) is 5. The van der Waals surface area contributed by atoms with E-state index in [0.717, 1.165) is 19.1 Å². The number of hydrogen-bond donors (Lipinski definition) is 1. The molecule has 2 atom stereocenters. The van der Waals surface area contributed by atoms with Crippen LogP contribution in [0.3, 0.4) is 0 Å². The van der Waals surface area contributed by atoms with Gasteiger partial charge >= 0.3 is 6.09 Å². The van der Waals surface area contributed by atoms with E-state index in [1.54, 1.807) is 20.8 Å². The SMILES string of the molecule is CC(C)(C)OC(=O)N[C@H]1CC[C@@H]1COS(C)(=O)=O. The molecule has 1 amide bonds. The lowest BCUT2D eigenvalue weighted by Gasteiger charge is -2.36. The number of ether oxygens (including phenoxy) is 1. The Morgan fingerprint density at radius 2 is 1.94 bits per heavy atom. The van der Waals surface area contributed by atoms with Crippen LogP contribution < -0.4 is 5.32 Å². The number of nitrogens with one attached hydrogen (secondary N) is 1. The smallest absolute Gasteiger partial charge is 0.407 e. The average Bonchev–Trinajstić information content (AvgIpc) is 2.07. The zero-order valence-electron chi connectivity index (χ0n) is 11.2. The van der Waals surface area contributed by atoms with Gasteiger partial charge in [-0.2, -0.15) is 8.42 Å². The van der Waals surface area contributed by atoms with Gasteiger partial charge in [0.25, 0.3) is 10.1 Å². The van der Waals surface area contributed by atoms with Gasteiger partial charge in [0.1, 0.15) is 5.60 Å². The summed E-state index contributed by atoms with van der Waals surface area (Å²) in [4.78, 5) is 11.5. The molecular weight excluding hydrogens is 258 g/mol. The van der Waals surface area contributed by atoms with Gasteiger partial charge < -0.3 is 10.1 Å². The molecule has 1 saturated carbocycles. The highest BCUT2D eigenvalue weighted by Gasteiger charge is 2.34. The Balaban J connectivity index is 2.34. The molecule has 0 aromatic rings. The monoisotopic (exact) mass is 279 g/mol. The minimum Gasteiger partial charge on any atom is -0.444 e. The molecule has 0 aromatic carbocycles. The fraction of sp³-hybridized carbons (Fsp3) is 0.909. The molecule has 7 heteroatoms. The number of carbonyl (C=O) groups excluding carboxylic acids is 1. The first kappa shape index (κ1) is 15.2. The largest absolute Gasteiger partial charge is 0.444 e. The summed E-state index contributed by atoms with van der Waals surface area (Å²) in [5.74, 6) is 0.0345. The van der Waals surface area contributed by atoms with Crippen molar-refractivity contribution in [1.29, 1.82) is 0 Å². The summed E-state index contributed by atoms with van der Waals surface area (Å²) in [6.07, 6.45) is 2.20. The lowest BCUT2D eigenvalue weighted by molar-refractivity contribution is 0.0405. The molecule has 1 aliphatic carbocycles. The Morgan fingerprint density at radius 3 is 2.33 bits per heavy atom. The second-order valence-electron chi connectivity index (χ2n) is 5.58. The number of carbonyl (C=O) groups is 1. The molecular formula is C11H21NO5S. The van der Waals surface area contributed by atoms with Gasteiger partial charge in [-0.1, -0.05) is 0 Å². The van der Waals surface area contributed by atoms with Crippen molar-refractivity contribution < 1.29 is 22.1 Å². The first-order chi connectivity index (χ1) is 8.07. The Labute approximate surface area is 108 Å². The second kappa shape index (κ2) is 5.44. The highest BCUT2D eigenvalue weighted by Crippen LogP contribution is 2.28. The van der Waals surface area contributed by atoms with E-state index in [0.29, 0.717) is 0 Å². The molecule has 106 valence electrons. The average molecular weight is 279 g/mol. The summed E-state index contributed by atoms with van der Waals surface area (Å²) in [5, 5.41) is 2.72. The van der Waals surface area contributed by atoms with E-state index >= 15 is 0 Å². The molecule has 1 aliphatic rings. The molecule has 0 unspecified atom stereocenters. The van der Waals surface area contributed by atoms with Gasteiger partial charge in [-0.15, -0.1) is 0 Å². The highest BCUT2D eigenvalue weighted by atomic mass is 32.2. The van der Waals surface area contributed by atoms with Gasteiger partial charge in [-0.05, 0) is 33.6 Å². The third-order valence-corrected chi connectivity index (χ3v) is 3.18. The molecule has 0 saturated heterocycles. The summed E-state index contributed by atoms with van der Waals surface area (Å²) in [6, 6.07) is -0.0680. The van der Waals surface area contributed by atoms with Gasteiger partial charge in [0.05, 0.1) is 12.9 Å². The molecule has 0 radical (unpaired) electrons. The van der Waals surface area contributed by atoms with E-state index < -0.39 is 21.8 Å². The molecule has 1 fully saturated rings. The first-order valence-corrected chi connectivity index (χ1v) is 7.72. The second-order valence-corrected chi connectivity index (χ2v) is 7.22. The number of rotatable bonds is 4. The van der Waals surface area contributed by atoms with Crippen LogP contribution in [-0.2, 0) is 19.0 Å². The van der Waals surface area contributed by atoms with Crippen molar-refractivity contribution in [3.8, 4) is 0 Å². The van der Waals surface area contributed by atoms with Gasteiger partial charge in [0.2, 0.25) is 0 Å². The third-order valence-electron chi connectivity index (χ3n) is 2.62. The molecule has 18 heavy (non-hydrogen) atoms. The number of alkyl carbamates (subject to hydrolysis) is 1. The molecule has 0 aromatic heterocycles. The van der Waals surface area contributed by atoms with Gasteiger partial charge in [0.15, 0.2) is 0 Å². The number of amides is 1. The predicted molar refractivity (Wildman–Crippen MR) is 66.7 cm³/mol. The van der Waals surface area contributed by atoms with Crippen molar-refractivity contribution >= 4 is 16.2 Å². The maximum absolute atomic E-state index is 11.5. The topological polar surface area (TPSA) is 81.7 Å². The van der Waals surface area contributed by atoms with E-state index in [9.17, 15) is 13.2 Å². The van der Waals surface area contributed by atoms with Crippen LogP contribution in [0.2, 0.25) is 0 Å². The lowest BCUT2D eigenvalue weighted by atomic mass is 9.80. The van der Waals surface area contributed by atoms with Crippen LogP contribution in [0.15, 0.2) is 0 Å². The first-order valence-electron chi connectivity index (χ1n) is 5.91. The quantitative estimate of drug-likeness (QED) is 0.784. The third kappa shape index (κ3) is 5.68. The molecule has 1 rings (SSSR count). The molecule has 6 nitrogen and oxygen atoms in total. The zero-order valence-corrected chi connectivity index (χ0v) is 12.0. The Bertz CT molecular complexity index is 398. The van der Waals surface area contributed by atoms with Crippen molar-refractivity contribution in [2.75, 3.05) is 12.9 Å². The van der Waals surface area contributed by atoms with Crippen molar-refractivity contribution in [2.45, 2.75) is 45.3 Å². The van der Waals surface area contributed by atoms with Crippen molar-refractivity contribution in [3.05, 3.63) is 0 Å². The van der Waals surface area contributed by atoms with Gasteiger partial charge in [-0.3, -0.25) is 4.18 Å². The van der Waals surface area contributed by atoms with Gasteiger partial charge in [0, 0.05) is 12.0 Å². The minimum absolute atomic E-state index is 0.0345. The van der Waals surface area contributed by atoms with Crippen molar-refractivity contribution in [2.24, 2.45) is 5.92 Å². The fourth-order valence-corrected chi connectivity index (χ4v) is 2.05. The molecule has 0 aliphatic heterocycles. The standard InChI is InChI=1S/C11H21NO5S/c1-11(2,3)17-10(13)12-9-6-5-8(9)7-16-18(4,14)15/h8-9H,5-7H2,1-4H3,(H,12,13)/t8-,9+/m1/s1. The Morgan fingerprint density at radius 1 is 1.33 bits per heavy atom. The lowest BCUT2D eigenvalue weighted by Crippen LogP contribution is -2.50. The van der Waals surface area contributed by atoms with E-state index in [1.807, 2.05) is 0 Å². The van der Waals surface area contributed by atoms with E-state index in [2.05, 4.69) is 5.32 Å². The zero-order chi connectivity index (χ0) is 14.0. The maximum atomic E-state index is 11.5. The summed E-state index contributed by atoms with van der Waals surface area (Å²) in [7, 11) is -3.42. The van der Waals surface area contributed by atoms with E-state index in [4.69, 9.17) is 8.92 Å². The van der Waals surface area contributed by atoms with Gasteiger partial charge in [-0.25, -0.2) is 4.79 Å². The predicted octanol–water partition coefficient (Wildman–Crippen LogP) is 1.27. The van der Waals surface area contributed by atoms with Crippen LogP contribution in [0.25, 0.3) is 0 Å². The van der Waals surface area contributed by atoms with Crippen LogP contribution in [0.1, 0.15) is 33.6 Å². The Kier molecular flexibility index (Phi) is 4.61. The fourth-order valence-electron chi connectivity index (χ4n) is 1.63. The highest BCUT2D eigenvalue weighted by molar-refractivity contribution is 7.85. The summed E-state index contributed by atoms with van der Waals surface area (Å²) in [5.41, 5.74) is -0.535. The summed E-state index contributed by atoms with van der Waals surface area (Å²) in [6.45, 7) is 5.48. The molecule has 0 bridgehead atoms. The van der Waals surface area contributed by atoms with Crippen LogP contribution in [-0.4, -0.2) is 39.0 Å². The summed E-state index contributed by atoms with van der Waals surface area (Å²) >= 11 is 0.